The molecule has 0 spiro atoms. The van der Waals surface area contributed by atoms with Crippen LogP contribution in [0, 0.1) is 0 Å². The van der Waals surface area contributed by atoms with Crippen molar-refractivity contribution in [2.75, 3.05) is 26.2 Å². The fourth-order valence-electron chi connectivity index (χ4n) is 3.76. The first-order chi connectivity index (χ1) is 12.2. The van der Waals surface area contributed by atoms with Crippen LogP contribution in [-0.4, -0.2) is 62.9 Å². The monoisotopic (exact) mass is 340 g/mol. The minimum Gasteiger partial charge on any atom is -0.393 e. The van der Waals surface area contributed by atoms with Crippen molar-refractivity contribution in [1.29, 1.82) is 0 Å². The van der Waals surface area contributed by atoms with E-state index in [0.717, 1.165) is 31.5 Å². The molecule has 3 heterocycles. The average molecular weight is 340 g/mol. The van der Waals surface area contributed by atoms with Crippen LogP contribution >= 0.6 is 0 Å². The van der Waals surface area contributed by atoms with E-state index in [1.807, 2.05) is 52.2 Å². The van der Waals surface area contributed by atoms with Crippen molar-refractivity contribution in [3.8, 4) is 0 Å². The summed E-state index contributed by atoms with van der Waals surface area (Å²) in [4.78, 5) is 17.4. The Kier molecular flexibility index (Phi) is 4.55. The van der Waals surface area contributed by atoms with Crippen molar-refractivity contribution < 1.29 is 9.90 Å². The van der Waals surface area contributed by atoms with Gasteiger partial charge in [0.15, 0.2) is 0 Å². The molecule has 0 saturated carbocycles. The Balaban J connectivity index is 1.49. The van der Waals surface area contributed by atoms with Gasteiger partial charge in [0.05, 0.1) is 12.1 Å². The van der Waals surface area contributed by atoms with E-state index in [0.29, 0.717) is 13.1 Å². The van der Waals surface area contributed by atoms with Crippen LogP contribution in [-0.2, 0) is 4.79 Å². The van der Waals surface area contributed by atoms with E-state index >= 15 is 0 Å². The summed E-state index contributed by atoms with van der Waals surface area (Å²) < 4.78 is 1.93. The highest BCUT2D eigenvalue weighted by molar-refractivity contribution is 5.84. The van der Waals surface area contributed by atoms with E-state index in [-0.39, 0.29) is 24.1 Å². The normalized spacial score (nSPS) is 21.1. The molecule has 0 bridgehead atoms. The molecule has 1 aromatic carbocycles. The second-order valence-corrected chi connectivity index (χ2v) is 6.96. The fraction of sp³-hybridized carbons (Fsp3) is 0.474. The zero-order chi connectivity index (χ0) is 17.2. The molecule has 4 rings (SSSR count). The maximum Gasteiger partial charge on any atom is 0.244 e. The van der Waals surface area contributed by atoms with Gasteiger partial charge < -0.3 is 10.0 Å². The average Bonchev–Trinajstić information content (AvgIpc) is 3.11. The number of benzene rings is 1. The molecule has 1 N–H and O–H groups in total. The molecule has 2 aliphatic heterocycles. The van der Waals surface area contributed by atoms with Crippen LogP contribution in [0.4, 0.5) is 0 Å². The van der Waals surface area contributed by atoms with Crippen molar-refractivity contribution in [2.45, 2.75) is 31.0 Å². The Bertz CT molecular complexity index is 689. The topological polar surface area (TPSA) is 61.6 Å². The number of likely N-dealkylation sites (tertiary alicyclic amines) is 2. The molecule has 2 aromatic rings. The van der Waals surface area contributed by atoms with Gasteiger partial charge in [-0.1, -0.05) is 30.3 Å². The fourth-order valence-corrected chi connectivity index (χ4v) is 3.76. The van der Waals surface area contributed by atoms with Gasteiger partial charge in [-0.25, -0.2) is 0 Å². The number of rotatable bonds is 4. The van der Waals surface area contributed by atoms with Crippen LogP contribution in [0.15, 0.2) is 48.8 Å². The number of amides is 1. The van der Waals surface area contributed by atoms with Crippen molar-refractivity contribution in [2.24, 2.45) is 0 Å². The molecule has 1 aromatic heterocycles. The number of carbonyl (C=O) groups excluding carboxylic acids is 1. The van der Waals surface area contributed by atoms with Gasteiger partial charge in [-0.05, 0) is 24.5 Å². The van der Waals surface area contributed by atoms with Gasteiger partial charge in [0, 0.05) is 38.6 Å². The minimum absolute atomic E-state index is 0.158. The Morgan fingerprint density at radius 3 is 2.48 bits per heavy atom. The highest BCUT2D eigenvalue weighted by Crippen LogP contribution is 2.30. The summed E-state index contributed by atoms with van der Waals surface area (Å²) in [6, 6.07) is 11.9. The summed E-state index contributed by atoms with van der Waals surface area (Å²) in [5, 5.41) is 14.1. The smallest absolute Gasteiger partial charge is 0.244 e. The summed E-state index contributed by atoms with van der Waals surface area (Å²) in [7, 11) is 0. The lowest BCUT2D eigenvalue weighted by Crippen LogP contribution is -2.55. The number of piperidine rings is 1. The second kappa shape index (κ2) is 6.98. The van der Waals surface area contributed by atoms with Crippen molar-refractivity contribution >= 4 is 5.91 Å². The Hall–Kier alpha value is -2.18. The first-order valence-electron chi connectivity index (χ1n) is 8.97. The molecule has 1 atom stereocenters. The summed E-state index contributed by atoms with van der Waals surface area (Å²) in [5.41, 5.74) is 1.03. The summed E-state index contributed by atoms with van der Waals surface area (Å²) >= 11 is 0. The number of carbonyl (C=O) groups is 1. The van der Waals surface area contributed by atoms with Crippen LogP contribution in [0.1, 0.15) is 30.5 Å². The molecule has 2 fully saturated rings. The predicted octanol–water partition coefficient (Wildman–Crippen LogP) is 1.46. The third-order valence-corrected chi connectivity index (χ3v) is 5.29. The molecule has 1 unspecified atom stereocenters. The summed E-state index contributed by atoms with van der Waals surface area (Å²) in [6.45, 7) is 2.92. The molecule has 0 radical (unpaired) electrons. The second-order valence-electron chi connectivity index (χ2n) is 6.96. The van der Waals surface area contributed by atoms with E-state index in [1.54, 1.807) is 6.20 Å². The van der Waals surface area contributed by atoms with Crippen LogP contribution in [0.2, 0.25) is 0 Å². The molecule has 2 saturated heterocycles. The quantitative estimate of drug-likeness (QED) is 0.915. The molecule has 132 valence electrons. The third-order valence-electron chi connectivity index (χ3n) is 5.29. The lowest BCUT2D eigenvalue weighted by atomic mass is 9.97. The van der Waals surface area contributed by atoms with Gasteiger partial charge >= 0.3 is 0 Å². The van der Waals surface area contributed by atoms with Gasteiger partial charge in [-0.3, -0.25) is 14.4 Å². The molecular formula is C19H24N4O2. The molecule has 1 amide bonds. The zero-order valence-corrected chi connectivity index (χ0v) is 14.2. The van der Waals surface area contributed by atoms with Crippen molar-refractivity contribution in [3.05, 3.63) is 54.4 Å². The molecule has 6 heteroatoms. The Labute approximate surface area is 147 Å². The number of aliphatic hydroxyl groups excluding tert-OH is 1. The lowest BCUT2D eigenvalue weighted by molar-refractivity contribution is -0.144. The molecular weight excluding hydrogens is 316 g/mol. The first kappa shape index (κ1) is 16.3. The number of hydrogen-bond donors (Lipinski definition) is 1. The standard InChI is InChI=1S/C19H24N4O2/c24-17-7-11-21(12-8-17)18(15-5-2-1-3-6-15)19(25)22-13-16(14-22)23-10-4-9-20-23/h1-6,9-10,16-18,24H,7-8,11-14H2. The maximum atomic E-state index is 13.2. The van der Waals surface area contributed by atoms with Crippen LogP contribution in [0.3, 0.4) is 0 Å². The van der Waals surface area contributed by atoms with Gasteiger partial charge in [0.2, 0.25) is 5.91 Å². The summed E-state index contributed by atoms with van der Waals surface area (Å²) in [6.07, 6.45) is 4.94. The molecule has 2 aliphatic rings. The van der Waals surface area contributed by atoms with Crippen LogP contribution in [0.25, 0.3) is 0 Å². The van der Waals surface area contributed by atoms with E-state index in [1.165, 1.54) is 0 Å². The van der Waals surface area contributed by atoms with Crippen LogP contribution < -0.4 is 0 Å². The predicted molar refractivity (Wildman–Crippen MR) is 93.8 cm³/mol. The van der Waals surface area contributed by atoms with Gasteiger partial charge in [0.1, 0.15) is 6.04 Å². The van der Waals surface area contributed by atoms with Crippen LogP contribution in [0.5, 0.6) is 0 Å². The minimum atomic E-state index is -0.257. The molecule has 0 aliphatic carbocycles. The van der Waals surface area contributed by atoms with Crippen molar-refractivity contribution in [3.63, 3.8) is 0 Å². The van der Waals surface area contributed by atoms with Crippen molar-refractivity contribution in [1.82, 2.24) is 19.6 Å². The number of nitrogens with zero attached hydrogens (tertiary/aromatic N) is 4. The zero-order valence-electron chi connectivity index (χ0n) is 14.2. The van der Waals surface area contributed by atoms with Gasteiger partial charge in [-0.2, -0.15) is 5.10 Å². The SMILES string of the molecule is O=C(C(c1ccccc1)N1CCC(O)CC1)N1CC(n2cccn2)C1. The number of hydrogen-bond acceptors (Lipinski definition) is 4. The Morgan fingerprint density at radius 2 is 1.84 bits per heavy atom. The highest BCUT2D eigenvalue weighted by atomic mass is 16.3. The first-order valence-corrected chi connectivity index (χ1v) is 8.97. The Morgan fingerprint density at radius 1 is 1.12 bits per heavy atom. The molecule has 6 nitrogen and oxygen atoms in total. The van der Waals surface area contributed by atoms with Gasteiger partial charge in [0.25, 0.3) is 0 Å². The largest absolute Gasteiger partial charge is 0.393 e. The van der Waals surface area contributed by atoms with Gasteiger partial charge in [-0.15, -0.1) is 0 Å². The van der Waals surface area contributed by atoms with E-state index < -0.39 is 0 Å². The number of aromatic nitrogens is 2. The van der Waals surface area contributed by atoms with E-state index in [4.69, 9.17) is 0 Å². The van der Waals surface area contributed by atoms with E-state index in [2.05, 4.69) is 10.00 Å². The van der Waals surface area contributed by atoms with E-state index in [9.17, 15) is 9.90 Å². The third kappa shape index (κ3) is 3.32. The maximum absolute atomic E-state index is 13.2. The number of aliphatic hydroxyl groups is 1. The summed E-state index contributed by atoms with van der Waals surface area (Å²) in [5.74, 6) is 0.158. The molecule has 25 heavy (non-hydrogen) atoms. The highest BCUT2D eigenvalue weighted by Gasteiger charge is 2.39. The lowest BCUT2D eigenvalue weighted by Gasteiger charge is -2.44.